The first-order valence-corrected chi connectivity index (χ1v) is 9.21. The normalized spacial score (nSPS) is 27.6. The van der Waals surface area contributed by atoms with E-state index in [1.807, 2.05) is 13.8 Å². The Labute approximate surface area is 128 Å². The summed E-state index contributed by atoms with van der Waals surface area (Å²) in [4.78, 5) is 0.310. The quantitative estimate of drug-likeness (QED) is 0.628. The number of aryl methyl sites for hydroxylation is 1. The molecule has 1 aromatic carbocycles. The highest BCUT2D eigenvalue weighted by Gasteiger charge is 2.36. The van der Waals surface area contributed by atoms with Crippen LogP contribution in [0.3, 0.4) is 0 Å². The SMILES string of the molecule is Cc1ccc(S(=O)(=O)N[C@H]2[C@H](CI)OC[C@@H]2C)cc1. The topological polar surface area (TPSA) is 55.4 Å². The molecule has 0 aromatic heterocycles. The molecule has 106 valence electrons. The van der Waals surface area contributed by atoms with E-state index in [4.69, 9.17) is 4.74 Å². The summed E-state index contributed by atoms with van der Waals surface area (Å²) < 4.78 is 33.8. The highest BCUT2D eigenvalue weighted by atomic mass is 127. The first kappa shape index (κ1) is 15.2. The zero-order valence-electron chi connectivity index (χ0n) is 11.0. The average Bonchev–Trinajstić information content (AvgIpc) is 2.70. The Morgan fingerprint density at radius 1 is 1.37 bits per heavy atom. The summed E-state index contributed by atoms with van der Waals surface area (Å²) in [5.41, 5.74) is 1.04. The largest absolute Gasteiger partial charge is 0.375 e. The number of hydrogen-bond acceptors (Lipinski definition) is 3. The van der Waals surface area contributed by atoms with E-state index in [0.717, 1.165) is 9.99 Å². The van der Waals surface area contributed by atoms with Crippen LogP contribution in [0.4, 0.5) is 0 Å². The van der Waals surface area contributed by atoms with Gasteiger partial charge in [0, 0.05) is 4.43 Å². The summed E-state index contributed by atoms with van der Waals surface area (Å²) in [5.74, 6) is 0.194. The van der Waals surface area contributed by atoms with Crippen LogP contribution in [0.2, 0.25) is 0 Å². The number of hydrogen-bond donors (Lipinski definition) is 1. The molecule has 1 fully saturated rings. The predicted molar refractivity (Wildman–Crippen MR) is 83.1 cm³/mol. The van der Waals surface area contributed by atoms with Crippen LogP contribution in [0.5, 0.6) is 0 Å². The molecule has 19 heavy (non-hydrogen) atoms. The van der Waals surface area contributed by atoms with Crippen LogP contribution in [0.25, 0.3) is 0 Å². The molecule has 0 radical (unpaired) electrons. The van der Waals surface area contributed by atoms with Gasteiger partial charge in [-0.25, -0.2) is 13.1 Å². The number of rotatable bonds is 4. The molecule has 3 atom stereocenters. The van der Waals surface area contributed by atoms with Crippen molar-refractivity contribution in [3.63, 3.8) is 0 Å². The van der Waals surface area contributed by atoms with Crippen LogP contribution < -0.4 is 4.72 Å². The van der Waals surface area contributed by atoms with Gasteiger partial charge in [0.1, 0.15) is 0 Å². The number of benzene rings is 1. The lowest BCUT2D eigenvalue weighted by Crippen LogP contribution is -2.44. The number of halogens is 1. The van der Waals surface area contributed by atoms with Crippen molar-refractivity contribution in [2.75, 3.05) is 11.0 Å². The third kappa shape index (κ3) is 3.48. The molecule has 0 bridgehead atoms. The van der Waals surface area contributed by atoms with Crippen molar-refractivity contribution < 1.29 is 13.2 Å². The van der Waals surface area contributed by atoms with Crippen molar-refractivity contribution in [2.24, 2.45) is 5.92 Å². The van der Waals surface area contributed by atoms with Crippen molar-refractivity contribution in [3.05, 3.63) is 29.8 Å². The molecular weight excluding hydrogens is 377 g/mol. The minimum atomic E-state index is -3.47. The predicted octanol–water partition coefficient (Wildman–Crippen LogP) is 2.11. The maximum absolute atomic E-state index is 12.3. The van der Waals surface area contributed by atoms with Gasteiger partial charge in [0.05, 0.1) is 23.6 Å². The molecular formula is C13H18INO3S. The fourth-order valence-corrected chi connectivity index (χ4v) is 4.32. The lowest BCUT2D eigenvalue weighted by molar-refractivity contribution is 0.120. The Bertz CT molecular complexity index is 529. The lowest BCUT2D eigenvalue weighted by Gasteiger charge is -2.21. The van der Waals surface area contributed by atoms with Crippen LogP contribution in [0, 0.1) is 12.8 Å². The Kier molecular flexibility index (Phi) is 4.86. The second kappa shape index (κ2) is 6.07. The van der Waals surface area contributed by atoms with E-state index < -0.39 is 10.0 Å². The van der Waals surface area contributed by atoms with E-state index in [2.05, 4.69) is 27.3 Å². The summed E-state index contributed by atoms with van der Waals surface area (Å²) in [6.45, 7) is 4.55. The first-order valence-electron chi connectivity index (χ1n) is 6.20. The Morgan fingerprint density at radius 3 is 2.58 bits per heavy atom. The van der Waals surface area contributed by atoms with Gasteiger partial charge >= 0.3 is 0 Å². The van der Waals surface area contributed by atoms with Crippen molar-refractivity contribution >= 4 is 32.6 Å². The summed E-state index contributed by atoms with van der Waals surface area (Å²) in [6, 6.07) is 6.73. The van der Waals surface area contributed by atoms with Gasteiger partial charge in [0.25, 0.3) is 0 Å². The second-order valence-electron chi connectivity index (χ2n) is 4.96. The number of ether oxygens (including phenoxy) is 1. The van der Waals surface area contributed by atoms with Gasteiger partial charge in [-0.1, -0.05) is 47.2 Å². The minimum absolute atomic E-state index is 0.0455. The van der Waals surface area contributed by atoms with Crippen molar-refractivity contribution in [3.8, 4) is 0 Å². The van der Waals surface area contributed by atoms with Gasteiger partial charge in [0.15, 0.2) is 0 Å². The van der Waals surface area contributed by atoms with Gasteiger partial charge < -0.3 is 4.74 Å². The van der Waals surface area contributed by atoms with Crippen LogP contribution >= 0.6 is 22.6 Å². The molecule has 2 rings (SSSR count). The van der Waals surface area contributed by atoms with E-state index in [-0.39, 0.29) is 18.1 Å². The second-order valence-corrected chi connectivity index (χ2v) is 7.56. The maximum atomic E-state index is 12.3. The van der Waals surface area contributed by atoms with E-state index in [1.165, 1.54) is 0 Å². The molecule has 6 heteroatoms. The molecule has 1 aromatic rings. The van der Waals surface area contributed by atoms with Crippen molar-refractivity contribution in [1.29, 1.82) is 0 Å². The van der Waals surface area contributed by atoms with E-state index in [1.54, 1.807) is 24.3 Å². The maximum Gasteiger partial charge on any atom is 0.240 e. The molecule has 0 saturated carbocycles. The molecule has 1 aliphatic rings. The van der Waals surface area contributed by atoms with Crippen LogP contribution in [0.15, 0.2) is 29.2 Å². The zero-order valence-corrected chi connectivity index (χ0v) is 13.9. The van der Waals surface area contributed by atoms with Gasteiger partial charge in [-0.2, -0.15) is 0 Å². The molecule has 1 N–H and O–H groups in total. The molecule has 0 unspecified atom stereocenters. The summed E-state index contributed by atoms with van der Waals surface area (Å²) in [6.07, 6.45) is -0.0455. The van der Waals surface area contributed by atoms with E-state index in [0.29, 0.717) is 11.5 Å². The average molecular weight is 395 g/mol. The summed E-state index contributed by atoms with van der Waals surface area (Å²) in [5, 5.41) is 0. The lowest BCUT2D eigenvalue weighted by atomic mass is 10.0. The van der Waals surface area contributed by atoms with Gasteiger partial charge in [-0.15, -0.1) is 0 Å². The van der Waals surface area contributed by atoms with E-state index >= 15 is 0 Å². The molecule has 4 nitrogen and oxygen atoms in total. The molecule has 1 aliphatic heterocycles. The molecule has 0 amide bonds. The number of nitrogens with one attached hydrogen (secondary N) is 1. The fraction of sp³-hybridized carbons (Fsp3) is 0.538. The minimum Gasteiger partial charge on any atom is -0.375 e. The Balaban J connectivity index is 2.19. The van der Waals surface area contributed by atoms with Crippen molar-refractivity contribution in [2.45, 2.75) is 30.9 Å². The number of sulfonamides is 1. The highest BCUT2D eigenvalue weighted by Crippen LogP contribution is 2.23. The number of alkyl halides is 1. The Morgan fingerprint density at radius 2 is 2.00 bits per heavy atom. The van der Waals surface area contributed by atoms with Gasteiger partial charge in [-0.05, 0) is 25.0 Å². The fourth-order valence-electron chi connectivity index (χ4n) is 2.15. The first-order chi connectivity index (χ1) is 8.94. The molecule has 0 aliphatic carbocycles. The van der Waals surface area contributed by atoms with Gasteiger partial charge in [0.2, 0.25) is 10.0 Å². The van der Waals surface area contributed by atoms with Crippen LogP contribution in [-0.4, -0.2) is 31.6 Å². The van der Waals surface area contributed by atoms with Crippen LogP contribution in [0.1, 0.15) is 12.5 Å². The molecule has 0 spiro atoms. The molecule has 1 heterocycles. The Hall–Kier alpha value is -0.180. The monoisotopic (exact) mass is 395 g/mol. The standard InChI is InChI=1S/C13H18INO3S/c1-9-3-5-11(6-4-9)19(16,17)15-13-10(2)8-18-12(13)7-14/h3-6,10,12-13,15H,7-8H2,1-2H3/t10-,12-,13+/m0/s1. The van der Waals surface area contributed by atoms with E-state index in [9.17, 15) is 8.42 Å². The zero-order chi connectivity index (χ0) is 14.0. The highest BCUT2D eigenvalue weighted by molar-refractivity contribution is 14.1. The smallest absolute Gasteiger partial charge is 0.240 e. The molecule has 1 saturated heterocycles. The summed E-state index contributed by atoms with van der Waals surface area (Å²) >= 11 is 2.23. The summed E-state index contributed by atoms with van der Waals surface area (Å²) in [7, 11) is -3.47. The van der Waals surface area contributed by atoms with Crippen LogP contribution in [-0.2, 0) is 14.8 Å². The van der Waals surface area contributed by atoms with Crippen molar-refractivity contribution in [1.82, 2.24) is 4.72 Å². The third-order valence-electron chi connectivity index (χ3n) is 3.36. The third-order valence-corrected chi connectivity index (χ3v) is 5.70. The van der Waals surface area contributed by atoms with Gasteiger partial charge in [-0.3, -0.25) is 0 Å².